The molecule has 0 rings (SSSR count). The van der Waals surface area contributed by atoms with Crippen molar-refractivity contribution >= 4 is 6.47 Å². The third-order valence-electron chi connectivity index (χ3n) is 0.855. The molecule has 0 N–H and O–H groups in total. The van der Waals surface area contributed by atoms with Crippen molar-refractivity contribution in [2.75, 3.05) is 6.61 Å². The van der Waals surface area contributed by atoms with Gasteiger partial charge in [-0.2, -0.15) is 0 Å². The van der Waals surface area contributed by atoms with Gasteiger partial charge in [0.15, 0.2) is 0 Å². The molecule has 0 aliphatic rings. The third kappa shape index (κ3) is 3.40. The summed E-state index contributed by atoms with van der Waals surface area (Å²) in [5.74, 6) is 0. The average Bonchev–Trinajstić information content (AvgIpc) is 1.83. The highest BCUT2D eigenvalue weighted by Crippen LogP contribution is 1.94. The smallest absolute Gasteiger partial charge is 0.293 e. The second kappa shape index (κ2) is 4.37. The predicted molar refractivity (Wildman–Crippen MR) is 31.4 cm³/mol. The Bertz CT molecular complexity index is 86.5. The zero-order valence-corrected chi connectivity index (χ0v) is 5.02. The first-order valence-corrected chi connectivity index (χ1v) is 2.53. The summed E-state index contributed by atoms with van der Waals surface area (Å²) in [6, 6.07) is 0. The standard InChI is InChI=1S/C6H10O2/c1-3-6(2)4-8-5-7/h5H,2-4H2,1H3. The van der Waals surface area contributed by atoms with Gasteiger partial charge in [0.1, 0.15) is 6.61 Å². The third-order valence-corrected chi connectivity index (χ3v) is 0.855. The van der Waals surface area contributed by atoms with Crippen LogP contribution < -0.4 is 0 Å². The molecule has 0 fully saturated rings. The lowest BCUT2D eigenvalue weighted by molar-refractivity contribution is -0.127. The molecule has 2 nitrogen and oxygen atoms in total. The van der Waals surface area contributed by atoms with E-state index in [1.807, 2.05) is 6.92 Å². The van der Waals surface area contributed by atoms with Gasteiger partial charge in [-0.3, -0.25) is 4.79 Å². The fourth-order valence-electron chi connectivity index (χ4n) is 0.254. The molecule has 0 heterocycles. The minimum atomic E-state index is 0.361. The summed E-state index contributed by atoms with van der Waals surface area (Å²) in [6.45, 7) is 6.39. The van der Waals surface area contributed by atoms with Gasteiger partial charge < -0.3 is 4.74 Å². The monoisotopic (exact) mass is 114 g/mol. The lowest BCUT2D eigenvalue weighted by Gasteiger charge is -1.96. The van der Waals surface area contributed by atoms with Crippen molar-refractivity contribution in [2.45, 2.75) is 13.3 Å². The Morgan fingerprint density at radius 3 is 2.88 bits per heavy atom. The Hall–Kier alpha value is -0.790. The number of carbonyl (C=O) groups is 1. The summed E-state index contributed by atoms with van der Waals surface area (Å²) < 4.78 is 4.41. The molecule has 0 atom stereocenters. The molecular weight excluding hydrogens is 104 g/mol. The molecule has 8 heavy (non-hydrogen) atoms. The number of rotatable bonds is 4. The van der Waals surface area contributed by atoms with E-state index in [0.29, 0.717) is 13.1 Å². The Morgan fingerprint density at radius 2 is 2.50 bits per heavy atom. The van der Waals surface area contributed by atoms with E-state index >= 15 is 0 Å². The number of hydrogen-bond donors (Lipinski definition) is 0. The van der Waals surface area contributed by atoms with Crippen LogP contribution in [0, 0.1) is 0 Å². The second-order valence-electron chi connectivity index (χ2n) is 1.51. The highest BCUT2D eigenvalue weighted by Gasteiger charge is 1.86. The minimum Gasteiger partial charge on any atom is -0.463 e. The maximum absolute atomic E-state index is 9.56. The number of carbonyl (C=O) groups excluding carboxylic acids is 1. The van der Waals surface area contributed by atoms with E-state index in [1.165, 1.54) is 0 Å². The van der Waals surface area contributed by atoms with Crippen LogP contribution in [0.2, 0.25) is 0 Å². The SMILES string of the molecule is C=C(CC)COC=O. The van der Waals surface area contributed by atoms with Crippen molar-refractivity contribution in [3.63, 3.8) is 0 Å². The molecule has 0 radical (unpaired) electrons. The zero-order chi connectivity index (χ0) is 6.41. The number of ether oxygens (including phenoxy) is 1. The molecule has 0 aromatic rings. The quantitative estimate of drug-likeness (QED) is 0.404. The molecule has 0 bridgehead atoms. The van der Waals surface area contributed by atoms with Gasteiger partial charge in [-0.15, -0.1) is 0 Å². The van der Waals surface area contributed by atoms with Gasteiger partial charge in [-0.1, -0.05) is 13.5 Å². The Kier molecular flexibility index (Phi) is 3.94. The Morgan fingerprint density at radius 1 is 1.88 bits per heavy atom. The molecule has 0 saturated carbocycles. The first-order chi connectivity index (χ1) is 3.81. The molecule has 0 aromatic carbocycles. The van der Waals surface area contributed by atoms with E-state index in [2.05, 4.69) is 11.3 Å². The van der Waals surface area contributed by atoms with Gasteiger partial charge in [-0.05, 0) is 12.0 Å². The fraction of sp³-hybridized carbons (Fsp3) is 0.500. The van der Waals surface area contributed by atoms with Crippen LogP contribution in [0.5, 0.6) is 0 Å². The molecule has 46 valence electrons. The maximum atomic E-state index is 9.56. The van der Waals surface area contributed by atoms with Gasteiger partial charge >= 0.3 is 0 Å². The summed E-state index contributed by atoms with van der Waals surface area (Å²) in [5.41, 5.74) is 0.942. The fourth-order valence-corrected chi connectivity index (χ4v) is 0.254. The largest absolute Gasteiger partial charge is 0.463 e. The molecule has 0 saturated heterocycles. The molecule has 0 aromatic heterocycles. The van der Waals surface area contributed by atoms with Crippen molar-refractivity contribution in [1.29, 1.82) is 0 Å². The summed E-state index contributed by atoms with van der Waals surface area (Å²) in [7, 11) is 0. The lowest BCUT2D eigenvalue weighted by atomic mass is 10.3. The van der Waals surface area contributed by atoms with E-state index in [9.17, 15) is 4.79 Å². The zero-order valence-electron chi connectivity index (χ0n) is 5.02. The van der Waals surface area contributed by atoms with E-state index in [-0.39, 0.29) is 0 Å². The van der Waals surface area contributed by atoms with Crippen molar-refractivity contribution in [3.05, 3.63) is 12.2 Å². The van der Waals surface area contributed by atoms with Crippen molar-refractivity contribution in [2.24, 2.45) is 0 Å². The van der Waals surface area contributed by atoms with E-state index < -0.39 is 0 Å². The second-order valence-corrected chi connectivity index (χ2v) is 1.51. The molecule has 2 heteroatoms. The first kappa shape index (κ1) is 7.21. The molecular formula is C6H10O2. The normalized spacial score (nSPS) is 8.12. The summed E-state index contributed by atoms with van der Waals surface area (Å²) in [4.78, 5) is 9.56. The summed E-state index contributed by atoms with van der Waals surface area (Å²) >= 11 is 0. The van der Waals surface area contributed by atoms with Crippen LogP contribution in [0.1, 0.15) is 13.3 Å². The van der Waals surface area contributed by atoms with Crippen molar-refractivity contribution in [3.8, 4) is 0 Å². The average molecular weight is 114 g/mol. The van der Waals surface area contributed by atoms with Gasteiger partial charge in [0.05, 0.1) is 0 Å². The summed E-state index contributed by atoms with van der Waals surface area (Å²) in [5, 5.41) is 0. The molecule has 0 amide bonds. The van der Waals surface area contributed by atoms with Gasteiger partial charge in [0.2, 0.25) is 0 Å². The van der Waals surface area contributed by atoms with Crippen LogP contribution in [-0.2, 0) is 9.53 Å². The highest BCUT2D eigenvalue weighted by atomic mass is 16.5. The van der Waals surface area contributed by atoms with E-state index in [1.54, 1.807) is 0 Å². The van der Waals surface area contributed by atoms with Gasteiger partial charge in [-0.25, -0.2) is 0 Å². The number of hydrogen-bond acceptors (Lipinski definition) is 2. The predicted octanol–water partition coefficient (Wildman–Crippen LogP) is 1.13. The van der Waals surface area contributed by atoms with Gasteiger partial charge in [0, 0.05) is 0 Å². The topological polar surface area (TPSA) is 26.3 Å². The van der Waals surface area contributed by atoms with Crippen LogP contribution in [0.3, 0.4) is 0 Å². The van der Waals surface area contributed by atoms with E-state index in [0.717, 1.165) is 12.0 Å². The Labute approximate surface area is 49.1 Å². The molecule has 0 aliphatic carbocycles. The van der Waals surface area contributed by atoms with Crippen molar-refractivity contribution in [1.82, 2.24) is 0 Å². The molecule has 0 spiro atoms. The minimum absolute atomic E-state index is 0.361. The van der Waals surface area contributed by atoms with Crippen LogP contribution in [0.15, 0.2) is 12.2 Å². The van der Waals surface area contributed by atoms with E-state index in [4.69, 9.17) is 0 Å². The van der Waals surface area contributed by atoms with Gasteiger partial charge in [0.25, 0.3) is 6.47 Å². The summed E-state index contributed by atoms with van der Waals surface area (Å²) in [6.07, 6.45) is 0.869. The van der Waals surface area contributed by atoms with Crippen LogP contribution in [0.25, 0.3) is 0 Å². The van der Waals surface area contributed by atoms with Crippen LogP contribution >= 0.6 is 0 Å². The van der Waals surface area contributed by atoms with Crippen LogP contribution in [-0.4, -0.2) is 13.1 Å². The van der Waals surface area contributed by atoms with Crippen LogP contribution in [0.4, 0.5) is 0 Å². The molecule has 0 unspecified atom stereocenters. The highest BCUT2D eigenvalue weighted by molar-refractivity contribution is 5.37. The van der Waals surface area contributed by atoms with Crippen molar-refractivity contribution < 1.29 is 9.53 Å². The molecule has 0 aliphatic heterocycles. The maximum Gasteiger partial charge on any atom is 0.293 e. The Balaban J connectivity index is 3.11. The lowest BCUT2D eigenvalue weighted by Crippen LogP contribution is -1.92. The first-order valence-electron chi connectivity index (χ1n) is 2.53.